The molecule has 0 unspecified atom stereocenters. The third kappa shape index (κ3) is 4.08. The van der Waals surface area contributed by atoms with Crippen LogP contribution in [-0.2, 0) is 0 Å². The molecule has 0 bridgehead atoms. The average molecular weight is 640 g/mol. The molecule has 45 heavy (non-hydrogen) atoms. The number of para-hydroxylation sites is 1. The molecule has 3 heteroatoms. The van der Waals surface area contributed by atoms with Gasteiger partial charge in [0.05, 0.1) is 32.6 Å². The largest absolute Gasteiger partial charge is 0.309 e. The summed E-state index contributed by atoms with van der Waals surface area (Å²) in [4.78, 5) is 2.37. The average Bonchev–Trinajstić information content (AvgIpc) is 3.42. The van der Waals surface area contributed by atoms with Crippen LogP contribution in [0.4, 0.5) is 17.1 Å². The van der Waals surface area contributed by atoms with E-state index in [4.69, 9.17) is 0 Å². The first kappa shape index (κ1) is 26.1. The lowest BCUT2D eigenvalue weighted by molar-refractivity contribution is 1.16. The monoisotopic (exact) mass is 638 g/mol. The maximum absolute atomic E-state index is 4.18. The van der Waals surface area contributed by atoms with Gasteiger partial charge in [-0.2, -0.15) is 0 Å². The summed E-state index contributed by atoms with van der Waals surface area (Å²) in [6.45, 7) is 0. The number of halogens is 1. The minimum atomic E-state index is 1.03. The Labute approximate surface area is 269 Å². The van der Waals surface area contributed by atoms with Crippen LogP contribution in [0, 0.1) is 0 Å². The van der Waals surface area contributed by atoms with Gasteiger partial charge in [0.1, 0.15) is 0 Å². The van der Waals surface area contributed by atoms with Crippen molar-refractivity contribution >= 4 is 87.1 Å². The van der Waals surface area contributed by atoms with E-state index in [1.807, 2.05) is 0 Å². The van der Waals surface area contributed by atoms with E-state index in [1.165, 1.54) is 54.1 Å². The molecule has 8 aromatic carbocycles. The van der Waals surface area contributed by atoms with Crippen molar-refractivity contribution in [1.82, 2.24) is 4.57 Å². The molecular formula is C42H27BrN2. The molecule has 0 aliphatic carbocycles. The molecule has 9 aromatic rings. The molecule has 0 radical (unpaired) electrons. The summed E-state index contributed by atoms with van der Waals surface area (Å²) in [6.07, 6.45) is 0. The molecular weight excluding hydrogens is 612 g/mol. The van der Waals surface area contributed by atoms with Crippen LogP contribution in [0.5, 0.6) is 0 Å². The van der Waals surface area contributed by atoms with E-state index in [0.29, 0.717) is 0 Å². The third-order valence-electron chi connectivity index (χ3n) is 8.98. The minimum absolute atomic E-state index is 1.03. The number of fused-ring (bicyclic) bond motifs is 7. The first-order valence-corrected chi connectivity index (χ1v) is 16.0. The van der Waals surface area contributed by atoms with Crippen molar-refractivity contribution < 1.29 is 0 Å². The molecule has 0 amide bonds. The van der Waals surface area contributed by atoms with Crippen LogP contribution in [-0.4, -0.2) is 4.57 Å². The zero-order valence-electron chi connectivity index (χ0n) is 24.4. The normalized spacial score (nSPS) is 11.7. The molecule has 0 fully saturated rings. The lowest BCUT2D eigenvalue weighted by Crippen LogP contribution is -2.12. The van der Waals surface area contributed by atoms with Gasteiger partial charge in [0.25, 0.3) is 0 Å². The van der Waals surface area contributed by atoms with Crippen molar-refractivity contribution in [2.45, 2.75) is 0 Å². The molecule has 1 aromatic heterocycles. The summed E-state index contributed by atoms with van der Waals surface area (Å²) in [5.41, 5.74) is 6.81. The van der Waals surface area contributed by atoms with Gasteiger partial charge in [-0.25, -0.2) is 0 Å². The number of anilines is 3. The number of benzene rings is 8. The van der Waals surface area contributed by atoms with Gasteiger partial charge in [-0.15, -0.1) is 0 Å². The SMILES string of the molecule is Brc1c(N(c2ccccc2)c2cccc3ccccc23)cccc1-n1c2cc3ccccc3cc2c2ccc3ccccc3c21. The van der Waals surface area contributed by atoms with Gasteiger partial charge >= 0.3 is 0 Å². The van der Waals surface area contributed by atoms with E-state index >= 15 is 0 Å². The van der Waals surface area contributed by atoms with Gasteiger partial charge in [-0.05, 0) is 79.9 Å². The van der Waals surface area contributed by atoms with Gasteiger partial charge < -0.3 is 9.47 Å². The molecule has 0 N–H and O–H groups in total. The summed E-state index contributed by atoms with van der Waals surface area (Å²) in [5, 5.41) is 9.86. The lowest BCUT2D eigenvalue weighted by atomic mass is 10.0. The van der Waals surface area contributed by atoms with Crippen LogP contribution >= 0.6 is 15.9 Å². The van der Waals surface area contributed by atoms with Crippen LogP contribution in [0.25, 0.3) is 59.8 Å². The van der Waals surface area contributed by atoms with E-state index < -0.39 is 0 Å². The third-order valence-corrected chi connectivity index (χ3v) is 9.79. The Morgan fingerprint density at radius 1 is 0.422 bits per heavy atom. The maximum Gasteiger partial charge on any atom is 0.0656 e. The quantitative estimate of drug-likeness (QED) is 0.186. The summed E-state index contributed by atoms with van der Waals surface area (Å²) in [6, 6.07) is 59.0. The van der Waals surface area contributed by atoms with Crippen molar-refractivity contribution in [2.75, 3.05) is 4.90 Å². The number of hydrogen-bond acceptors (Lipinski definition) is 1. The van der Waals surface area contributed by atoms with Gasteiger partial charge in [0, 0.05) is 27.2 Å². The highest BCUT2D eigenvalue weighted by molar-refractivity contribution is 9.10. The van der Waals surface area contributed by atoms with Gasteiger partial charge in [0.15, 0.2) is 0 Å². The van der Waals surface area contributed by atoms with Gasteiger partial charge in [-0.1, -0.05) is 121 Å². The van der Waals surface area contributed by atoms with E-state index in [9.17, 15) is 0 Å². The molecule has 0 saturated heterocycles. The Morgan fingerprint density at radius 3 is 1.82 bits per heavy atom. The van der Waals surface area contributed by atoms with Crippen LogP contribution in [0.1, 0.15) is 0 Å². The molecule has 9 rings (SSSR count). The molecule has 2 nitrogen and oxygen atoms in total. The number of hydrogen-bond donors (Lipinski definition) is 0. The molecule has 0 aliphatic rings. The Balaban J connectivity index is 1.39. The van der Waals surface area contributed by atoms with Crippen molar-refractivity contribution in [3.05, 3.63) is 168 Å². The van der Waals surface area contributed by atoms with Crippen molar-refractivity contribution in [3.8, 4) is 5.69 Å². The number of rotatable bonds is 4. The second kappa shape index (κ2) is 10.4. The Bertz CT molecular complexity index is 2560. The van der Waals surface area contributed by atoms with Gasteiger partial charge in [-0.3, -0.25) is 0 Å². The Hall–Kier alpha value is -5.38. The van der Waals surface area contributed by atoms with Crippen LogP contribution in [0.15, 0.2) is 168 Å². The first-order chi connectivity index (χ1) is 22.3. The second-order valence-electron chi connectivity index (χ2n) is 11.5. The van der Waals surface area contributed by atoms with Gasteiger partial charge in [0.2, 0.25) is 0 Å². The summed E-state index contributed by atoms with van der Waals surface area (Å²) in [7, 11) is 0. The minimum Gasteiger partial charge on any atom is -0.309 e. The van der Waals surface area contributed by atoms with Crippen LogP contribution in [0.2, 0.25) is 0 Å². The number of nitrogens with zero attached hydrogens (tertiary/aromatic N) is 2. The Kier molecular flexibility index (Phi) is 6.00. The molecule has 0 spiro atoms. The fourth-order valence-electron chi connectivity index (χ4n) is 6.95. The second-order valence-corrected chi connectivity index (χ2v) is 12.3. The highest BCUT2D eigenvalue weighted by Crippen LogP contribution is 2.46. The molecule has 0 aliphatic heterocycles. The predicted octanol–water partition coefficient (Wildman–Crippen LogP) is 12.5. The fraction of sp³-hybridized carbons (Fsp3) is 0. The van der Waals surface area contributed by atoms with Crippen LogP contribution < -0.4 is 4.90 Å². The fourth-order valence-corrected chi connectivity index (χ4v) is 7.57. The van der Waals surface area contributed by atoms with Crippen molar-refractivity contribution in [2.24, 2.45) is 0 Å². The number of aromatic nitrogens is 1. The van der Waals surface area contributed by atoms with E-state index in [-0.39, 0.29) is 0 Å². The summed E-state index contributed by atoms with van der Waals surface area (Å²) < 4.78 is 3.49. The van der Waals surface area contributed by atoms with E-state index in [0.717, 1.165) is 27.2 Å². The molecule has 0 atom stereocenters. The smallest absolute Gasteiger partial charge is 0.0656 e. The summed E-state index contributed by atoms with van der Waals surface area (Å²) in [5.74, 6) is 0. The van der Waals surface area contributed by atoms with Crippen molar-refractivity contribution in [1.29, 1.82) is 0 Å². The van der Waals surface area contributed by atoms with Crippen molar-refractivity contribution in [3.63, 3.8) is 0 Å². The highest BCUT2D eigenvalue weighted by atomic mass is 79.9. The first-order valence-electron chi connectivity index (χ1n) is 15.2. The molecule has 0 saturated carbocycles. The molecule has 212 valence electrons. The van der Waals surface area contributed by atoms with E-state index in [2.05, 4.69) is 189 Å². The van der Waals surface area contributed by atoms with E-state index in [1.54, 1.807) is 0 Å². The topological polar surface area (TPSA) is 8.17 Å². The summed E-state index contributed by atoms with van der Waals surface area (Å²) >= 11 is 4.18. The zero-order chi connectivity index (χ0) is 29.9. The lowest BCUT2D eigenvalue weighted by Gasteiger charge is -2.28. The standard InChI is InChI=1S/C42H27BrN2/c43-41-38(44(32-17-2-1-3-18-32)37-21-10-16-28-12-6-8-19-33(28)37)22-11-23-39(41)45-40-27-31-15-5-4-14-30(31)26-36(40)35-25-24-29-13-7-9-20-34(29)42(35)45/h1-27H. The zero-order valence-corrected chi connectivity index (χ0v) is 25.9. The highest BCUT2D eigenvalue weighted by Gasteiger charge is 2.22. The molecule has 1 heterocycles. The maximum atomic E-state index is 4.18. The Morgan fingerprint density at radius 2 is 1.02 bits per heavy atom. The van der Waals surface area contributed by atoms with Crippen LogP contribution in [0.3, 0.4) is 0 Å². The predicted molar refractivity (Wildman–Crippen MR) is 196 cm³/mol.